The summed E-state index contributed by atoms with van der Waals surface area (Å²) in [5, 5.41) is 23.0. The molecule has 192 valence electrons. The van der Waals surface area contributed by atoms with Gasteiger partial charge < -0.3 is 26.2 Å². The van der Waals surface area contributed by atoms with Gasteiger partial charge in [-0.3, -0.25) is 9.59 Å². The molecule has 0 unspecified atom stereocenters. The second-order valence-corrected chi connectivity index (χ2v) is 10.4. The summed E-state index contributed by atoms with van der Waals surface area (Å²) in [5.41, 5.74) is 3.67. The van der Waals surface area contributed by atoms with Gasteiger partial charge in [0.05, 0.1) is 17.0 Å². The minimum absolute atomic E-state index is 0. The van der Waals surface area contributed by atoms with Gasteiger partial charge in [0.1, 0.15) is 5.54 Å². The number of aliphatic hydroxyl groups excluding tert-OH is 1. The number of aliphatic carboxylic acids is 1. The first-order valence-corrected chi connectivity index (χ1v) is 11.9. The van der Waals surface area contributed by atoms with Gasteiger partial charge in [-0.05, 0) is 56.8 Å². The number of nitrogens with zero attached hydrogens (tertiary/aromatic N) is 1. The van der Waals surface area contributed by atoms with E-state index < -0.39 is 33.7 Å². The number of carbonyl (C=O) groups excluding carboxylic acids is 1. The number of hydrogen-bond donors (Lipinski definition) is 5. The second-order valence-electron chi connectivity index (χ2n) is 8.68. The Bertz CT molecular complexity index is 1140. The molecule has 2 atom stereocenters. The van der Waals surface area contributed by atoms with Crippen LogP contribution >= 0.6 is 0 Å². The number of anilines is 1. The molecule has 0 spiro atoms. The van der Waals surface area contributed by atoms with Crippen LogP contribution in [0.25, 0.3) is 10.8 Å². The van der Waals surface area contributed by atoms with Gasteiger partial charge in [-0.25, -0.2) is 8.42 Å². The third-order valence-corrected chi connectivity index (χ3v) is 7.28. The van der Waals surface area contributed by atoms with Crippen molar-refractivity contribution in [2.75, 3.05) is 32.1 Å². The Labute approximate surface area is 210 Å². The van der Waals surface area contributed by atoms with E-state index in [9.17, 15) is 23.1 Å². The van der Waals surface area contributed by atoms with Crippen LogP contribution in [0.3, 0.4) is 0 Å². The molecule has 0 aromatic heterocycles. The zero-order chi connectivity index (χ0) is 25.0. The van der Waals surface area contributed by atoms with E-state index in [0.29, 0.717) is 5.39 Å². The summed E-state index contributed by atoms with van der Waals surface area (Å²) in [4.78, 5) is 23.7. The van der Waals surface area contributed by atoms with E-state index in [-0.39, 0.29) is 27.9 Å². The number of aliphatic hydroxyl groups is 1. The number of benzene rings is 2. The van der Waals surface area contributed by atoms with Crippen molar-refractivity contribution in [3.05, 3.63) is 36.4 Å². The molecule has 1 aliphatic rings. The molecule has 10 nitrogen and oxygen atoms in total. The van der Waals surface area contributed by atoms with Gasteiger partial charge in [0, 0.05) is 25.2 Å². The fraction of sp³-hybridized carbons (Fsp3) is 0.455. The summed E-state index contributed by atoms with van der Waals surface area (Å²) in [6.07, 6.45) is 1.93. The maximum absolute atomic E-state index is 12.5. The Hall–Kier alpha value is -2.21. The first kappa shape index (κ1) is 29.8. The molecular formula is C22H32CuN4O6S+. The third-order valence-electron chi connectivity index (χ3n) is 5.68. The number of carboxylic acids is 1. The molecule has 0 saturated carbocycles. The number of carboxylic acid groups (broad SMARTS) is 1. The molecular weight excluding hydrogens is 512 g/mol. The number of rotatable bonds is 7. The van der Waals surface area contributed by atoms with Crippen molar-refractivity contribution in [3.8, 4) is 0 Å². The van der Waals surface area contributed by atoms with Gasteiger partial charge in [-0.2, -0.15) is 4.72 Å². The molecule has 0 radical (unpaired) electrons. The predicted molar refractivity (Wildman–Crippen MR) is 127 cm³/mol. The number of hydrogen-bond acceptors (Lipinski definition) is 7. The minimum Gasteiger partial charge on any atom is -0.480 e. The summed E-state index contributed by atoms with van der Waals surface area (Å²) in [7, 11) is -0.325. The van der Waals surface area contributed by atoms with Crippen LogP contribution in [0.2, 0.25) is 0 Å². The number of fused-ring (bicyclic) bond motifs is 1. The zero-order valence-electron chi connectivity index (χ0n) is 19.6. The molecule has 0 bridgehead atoms. The average molecular weight is 544 g/mol. The molecule has 3 rings (SSSR count). The van der Waals surface area contributed by atoms with Crippen LogP contribution in [0, 0.1) is 0 Å². The number of nitrogens with two attached hydrogens (primary N) is 1. The molecule has 34 heavy (non-hydrogen) atoms. The van der Waals surface area contributed by atoms with E-state index in [2.05, 4.69) is 5.32 Å². The molecule has 2 aromatic rings. The van der Waals surface area contributed by atoms with Crippen molar-refractivity contribution in [2.45, 2.75) is 42.7 Å². The topological polar surface area (TPSA) is 162 Å². The van der Waals surface area contributed by atoms with Gasteiger partial charge in [-0.1, -0.05) is 18.2 Å². The van der Waals surface area contributed by atoms with Crippen LogP contribution in [0.15, 0.2) is 41.3 Å². The van der Waals surface area contributed by atoms with Crippen molar-refractivity contribution in [2.24, 2.45) is 5.73 Å². The smallest absolute Gasteiger partial charge is 0.480 e. The number of carbonyl (C=O) groups is 2. The van der Waals surface area contributed by atoms with Crippen molar-refractivity contribution >= 4 is 38.4 Å². The summed E-state index contributed by atoms with van der Waals surface area (Å²) in [6.45, 7) is 3.01. The number of sulfonamides is 1. The summed E-state index contributed by atoms with van der Waals surface area (Å²) < 4.78 is 27.0. The molecule has 1 aliphatic heterocycles. The normalized spacial score (nSPS) is 19.3. The van der Waals surface area contributed by atoms with Crippen molar-refractivity contribution < 1.29 is 45.3 Å². The molecule has 1 heterocycles. The van der Waals surface area contributed by atoms with E-state index >= 15 is 0 Å². The maximum atomic E-state index is 12.5. The molecule has 1 amide bonds. The van der Waals surface area contributed by atoms with Crippen LogP contribution < -0.4 is 20.7 Å². The third kappa shape index (κ3) is 6.68. The van der Waals surface area contributed by atoms with Crippen molar-refractivity contribution in [1.29, 1.82) is 0 Å². The van der Waals surface area contributed by atoms with Gasteiger partial charge in [0.25, 0.3) is 0 Å². The molecule has 12 heteroatoms. The van der Waals surface area contributed by atoms with Crippen LogP contribution in [0.5, 0.6) is 0 Å². The summed E-state index contributed by atoms with van der Waals surface area (Å²) in [6, 6.07) is 10.1. The standard InChI is InChI=1S/C16H20N2O5S.C6H12N2O.Cu/c1-16(10-19,15(20)21)17-24(22,23)12-7-8-13-11(9-12)5-4-6-14(13)18(2)3;1-6(5(7)9)3-2-4-8-6;/h4-9,17,19H,10H2,1-3H3,(H,20,21);8H,2-4H2,1H3,(H2,7,9);/q;;+1/t16-;6-;/m00./s1. The van der Waals surface area contributed by atoms with Crippen molar-refractivity contribution in [1.82, 2.24) is 10.0 Å². The average Bonchev–Trinajstić information content (AvgIpc) is 3.20. The Balaban J connectivity index is 0.000000486. The zero-order valence-corrected chi connectivity index (χ0v) is 21.3. The SMILES string of the molecule is CN(C)c1cccc2cc(S(=O)(=O)N[C@@](C)(CO)C(=O)O)ccc12.C[C@@]1(C(N)=O)CCCN1.[Cu+]. The monoisotopic (exact) mass is 543 g/mol. The Morgan fingerprint density at radius 1 is 1.26 bits per heavy atom. The predicted octanol–water partition coefficient (Wildman–Crippen LogP) is 0.631. The number of nitrogens with one attached hydrogen (secondary N) is 2. The van der Waals surface area contributed by atoms with Crippen LogP contribution in [0.4, 0.5) is 5.69 Å². The fourth-order valence-electron chi connectivity index (χ4n) is 3.41. The van der Waals surface area contributed by atoms with E-state index in [4.69, 9.17) is 10.8 Å². The Morgan fingerprint density at radius 3 is 2.35 bits per heavy atom. The summed E-state index contributed by atoms with van der Waals surface area (Å²) >= 11 is 0. The molecule has 1 fully saturated rings. The van der Waals surface area contributed by atoms with Crippen molar-refractivity contribution in [3.63, 3.8) is 0 Å². The fourth-order valence-corrected chi connectivity index (χ4v) is 4.80. The molecule has 6 N–H and O–H groups in total. The minimum atomic E-state index is -4.10. The number of primary amides is 1. The van der Waals surface area contributed by atoms with Gasteiger partial charge >= 0.3 is 23.0 Å². The number of amides is 1. The van der Waals surface area contributed by atoms with E-state index in [0.717, 1.165) is 37.4 Å². The largest absolute Gasteiger partial charge is 1.00 e. The van der Waals surface area contributed by atoms with Crippen LogP contribution in [-0.4, -0.2) is 68.8 Å². The van der Waals surface area contributed by atoms with E-state index in [1.807, 2.05) is 42.8 Å². The summed E-state index contributed by atoms with van der Waals surface area (Å²) in [5.74, 6) is -1.69. The van der Waals surface area contributed by atoms with Gasteiger partial charge in [-0.15, -0.1) is 0 Å². The van der Waals surface area contributed by atoms with Gasteiger partial charge in [0.2, 0.25) is 15.9 Å². The quantitative estimate of drug-likeness (QED) is 0.317. The maximum Gasteiger partial charge on any atom is 1.00 e. The first-order chi connectivity index (χ1) is 15.3. The van der Waals surface area contributed by atoms with E-state index in [1.54, 1.807) is 12.1 Å². The van der Waals surface area contributed by atoms with Gasteiger partial charge in [0.15, 0.2) is 0 Å². The first-order valence-electron chi connectivity index (χ1n) is 10.4. The Kier molecular flexibility index (Phi) is 10.1. The van der Waals surface area contributed by atoms with Crippen LogP contribution in [-0.2, 0) is 36.7 Å². The molecule has 2 aromatic carbocycles. The molecule has 0 aliphatic carbocycles. The Morgan fingerprint density at radius 2 is 1.91 bits per heavy atom. The van der Waals surface area contributed by atoms with E-state index in [1.165, 1.54) is 12.1 Å². The van der Waals surface area contributed by atoms with Crippen LogP contribution in [0.1, 0.15) is 26.7 Å². The second kappa shape index (κ2) is 11.5. The molecule has 1 saturated heterocycles.